The van der Waals surface area contributed by atoms with Gasteiger partial charge in [0.2, 0.25) is 0 Å². The molecule has 0 aliphatic rings. The SMILES string of the molecule is CCOC(=O)C(CCC[Si](C)(C)C[Si](C)(C)C)(CCC[Si](C)(C)C[Si](C)(C)C)C(=O)OCC. The predicted octanol–water partition coefficient (Wildman–Crippen LogP) is 7.83. The molecule has 0 atom stereocenters. The van der Waals surface area contributed by atoms with Gasteiger partial charge in [-0.05, 0) is 26.7 Å². The average Bonchev–Trinajstić information content (AvgIpc) is 2.56. The molecule has 0 aromatic carbocycles. The first-order chi connectivity index (χ1) is 14.8. The minimum atomic E-state index is -1.36. The van der Waals surface area contributed by atoms with Crippen molar-refractivity contribution in [1.82, 2.24) is 0 Å². The third-order valence-corrected chi connectivity index (χ3v) is 25.8. The fourth-order valence-electron chi connectivity index (χ4n) is 5.94. The highest BCUT2D eigenvalue weighted by Crippen LogP contribution is 2.38. The van der Waals surface area contributed by atoms with E-state index in [4.69, 9.17) is 9.47 Å². The van der Waals surface area contributed by atoms with Gasteiger partial charge in [-0.2, -0.15) is 0 Å². The van der Waals surface area contributed by atoms with Crippen molar-refractivity contribution >= 4 is 44.2 Å². The first kappa shape index (κ1) is 32.8. The fraction of sp³-hybridized carbons (Fsp3) is 0.920. The Morgan fingerprint density at radius 2 is 0.909 bits per heavy atom. The molecule has 0 spiro atoms. The van der Waals surface area contributed by atoms with Gasteiger partial charge in [-0.25, -0.2) is 0 Å². The van der Waals surface area contributed by atoms with Gasteiger partial charge in [-0.1, -0.05) is 102 Å². The summed E-state index contributed by atoms with van der Waals surface area (Å²) < 4.78 is 11.0. The van der Waals surface area contributed by atoms with Crippen LogP contribution in [0.1, 0.15) is 39.5 Å². The standard InChI is InChI=1S/C25H56O4Si4/c1-13-28-23(26)25(24(27)29-14-2,17-15-19-32(9,10)21-30(3,4)5)18-16-20-33(11,12)22-31(6,7)8/h13-22H2,1-12H3. The van der Waals surface area contributed by atoms with Gasteiger partial charge in [-0.15, -0.1) is 0 Å². The van der Waals surface area contributed by atoms with Crippen molar-refractivity contribution in [3.63, 3.8) is 0 Å². The Bertz CT molecular complexity index is 565. The van der Waals surface area contributed by atoms with Crippen LogP contribution in [0.5, 0.6) is 0 Å². The van der Waals surface area contributed by atoms with E-state index in [9.17, 15) is 9.59 Å². The third-order valence-electron chi connectivity index (χ3n) is 6.26. The van der Waals surface area contributed by atoms with Gasteiger partial charge in [0.1, 0.15) is 0 Å². The molecular formula is C25H56O4Si4. The maximum Gasteiger partial charge on any atom is 0.323 e. The number of esters is 2. The maximum absolute atomic E-state index is 13.3. The van der Waals surface area contributed by atoms with E-state index in [-0.39, 0.29) is 11.9 Å². The minimum Gasteiger partial charge on any atom is -0.465 e. The highest BCUT2D eigenvalue weighted by atomic mass is 28.4. The Kier molecular flexibility index (Phi) is 13.1. The summed E-state index contributed by atoms with van der Waals surface area (Å²) in [6.45, 7) is 28.7. The average molecular weight is 533 g/mol. The van der Waals surface area contributed by atoms with Crippen molar-refractivity contribution in [3.8, 4) is 0 Å². The molecule has 0 aromatic rings. The van der Waals surface area contributed by atoms with Crippen molar-refractivity contribution in [2.45, 2.75) is 128 Å². The van der Waals surface area contributed by atoms with Crippen LogP contribution in [-0.2, 0) is 19.1 Å². The van der Waals surface area contributed by atoms with E-state index in [0.29, 0.717) is 26.1 Å². The van der Waals surface area contributed by atoms with Gasteiger partial charge in [0, 0.05) is 32.3 Å². The summed E-state index contributed by atoms with van der Waals surface area (Å²) in [5, 5.41) is 0. The van der Waals surface area contributed by atoms with Crippen molar-refractivity contribution in [3.05, 3.63) is 0 Å². The molecule has 0 radical (unpaired) electrons. The number of carbonyl (C=O) groups is 2. The molecule has 0 saturated carbocycles. The first-order valence-corrected chi connectivity index (χ1v) is 27.4. The summed E-state index contributed by atoms with van der Waals surface area (Å²) in [6.07, 6.45) is 2.92. The number of rotatable bonds is 16. The van der Waals surface area contributed by atoms with Crippen LogP contribution in [-0.4, -0.2) is 57.4 Å². The summed E-state index contributed by atoms with van der Waals surface area (Å²) in [5.41, 5.74) is 1.61. The summed E-state index contributed by atoms with van der Waals surface area (Å²) in [5.74, 6) is -0.726. The zero-order valence-electron chi connectivity index (χ0n) is 24.2. The van der Waals surface area contributed by atoms with Crippen molar-refractivity contribution in [2.24, 2.45) is 5.41 Å². The Morgan fingerprint density at radius 1 is 0.606 bits per heavy atom. The van der Waals surface area contributed by atoms with E-state index < -0.39 is 37.7 Å². The molecule has 4 nitrogen and oxygen atoms in total. The minimum absolute atomic E-state index is 0.297. The summed E-state index contributed by atoms with van der Waals surface area (Å²) in [7, 11) is -4.99. The highest BCUT2D eigenvalue weighted by molar-refractivity contribution is 6.95. The molecule has 0 aliphatic carbocycles. The Labute approximate surface area is 210 Å². The van der Waals surface area contributed by atoms with Crippen molar-refractivity contribution in [2.75, 3.05) is 13.2 Å². The smallest absolute Gasteiger partial charge is 0.323 e. The zero-order valence-corrected chi connectivity index (χ0v) is 28.2. The summed E-state index contributed by atoms with van der Waals surface area (Å²) in [4.78, 5) is 26.5. The van der Waals surface area contributed by atoms with Gasteiger partial charge >= 0.3 is 11.9 Å². The molecular weight excluding hydrogens is 477 g/mol. The van der Waals surface area contributed by atoms with Gasteiger partial charge in [0.05, 0.1) is 13.2 Å². The molecule has 0 fully saturated rings. The predicted molar refractivity (Wildman–Crippen MR) is 155 cm³/mol. The largest absolute Gasteiger partial charge is 0.465 e. The number of ether oxygens (including phenoxy) is 2. The molecule has 8 heteroatoms. The normalized spacial score (nSPS) is 13.7. The lowest BCUT2D eigenvalue weighted by Crippen LogP contribution is -2.44. The van der Waals surface area contributed by atoms with Crippen molar-refractivity contribution < 1.29 is 19.1 Å². The second-order valence-corrected chi connectivity index (χ2v) is 36.8. The molecule has 0 aliphatic heterocycles. The first-order valence-electron chi connectivity index (χ1n) is 13.1. The highest BCUT2D eigenvalue weighted by Gasteiger charge is 2.48. The van der Waals surface area contributed by atoms with E-state index >= 15 is 0 Å². The lowest BCUT2D eigenvalue weighted by Gasteiger charge is -2.34. The van der Waals surface area contributed by atoms with Crippen LogP contribution >= 0.6 is 0 Å². The van der Waals surface area contributed by atoms with Crippen LogP contribution < -0.4 is 0 Å². The summed E-state index contributed by atoms with van der Waals surface area (Å²) in [6, 6.07) is 2.29. The van der Waals surface area contributed by atoms with E-state index in [2.05, 4.69) is 65.5 Å². The lowest BCUT2D eigenvalue weighted by molar-refractivity contribution is -0.173. The topological polar surface area (TPSA) is 52.6 Å². The molecule has 0 rings (SSSR count). The molecule has 0 aromatic heterocycles. The second kappa shape index (κ2) is 13.2. The maximum atomic E-state index is 13.3. The lowest BCUT2D eigenvalue weighted by atomic mass is 9.79. The van der Waals surface area contributed by atoms with E-state index in [1.165, 1.54) is 11.3 Å². The molecule has 196 valence electrons. The zero-order chi connectivity index (χ0) is 26.1. The van der Waals surface area contributed by atoms with E-state index in [1.807, 2.05) is 13.8 Å². The van der Waals surface area contributed by atoms with Crippen molar-refractivity contribution in [1.29, 1.82) is 0 Å². The van der Waals surface area contributed by atoms with Gasteiger partial charge in [0.15, 0.2) is 5.41 Å². The van der Waals surface area contributed by atoms with Gasteiger partial charge in [-0.3, -0.25) is 9.59 Å². The molecule has 0 saturated heterocycles. The quantitative estimate of drug-likeness (QED) is 0.115. The molecule has 33 heavy (non-hydrogen) atoms. The van der Waals surface area contributed by atoms with Crippen LogP contribution in [0.25, 0.3) is 0 Å². The van der Waals surface area contributed by atoms with E-state index in [0.717, 1.165) is 24.9 Å². The van der Waals surface area contributed by atoms with Gasteiger partial charge in [0.25, 0.3) is 0 Å². The third kappa shape index (κ3) is 13.5. The van der Waals surface area contributed by atoms with Gasteiger partial charge < -0.3 is 9.47 Å². The molecule has 0 unspecified atom stereocenters. The number of hydrogen-bond acceptors (Lipinski definition) is 4. The summed E-state index contributed by atoms with van der Waals surface area (Å²) >= 11 is 0. The Hall–Kier alpha value is -0.192. The van der Waals surface area contributed by atoms with Crippen LogP contribution in [0.15, 0.2) is 0 Å². The number of hydrogen-bond donors (Lipinski definition) is 0. The molecule has 0 amide bonds. The number of carbonyl (C=O) groups excluding carboxylic acids is 2. The van der Waals surface area contributed by atoms with Crippen LogP contribution in [0.4, 0.5) is 0 Å². The molecule has 0 heterocycles. The molecule has 0 bridgehead atoms. The monoisotopic (exact) mass is 532 g/mol. The molecule has 0 N–H and O–H groups in total. The van der Waals surface area contributed by atoms with Crippen LogP contribution in [0, 0.1) is 5.41 Å². The van der Waals surface area contributed by atoms with Crippen LogP contribution in [0.3, 0.4) is 0 Å². The second-order valence-electron chi connectivity index (χ2n) is 14.0. The van der Waals surface area contributed by atoms with E-state index in [1.54, 1.807) is 0 Å². The fourth-order valence-corrected chi connectivity index (χ4v) is 32.6. The van der Waals surface area contributed by atoms with Crippen LogP contribution in [0.2, 0.25) is 88.9 Å². The Morgan fingerprint density at radius 3 is 1.15 bits per heavy atom. The Balaban J connectivity index is 5.64.